The maximum Gasteiger partial charge on any atom is 0.304 e. The van der Waals surface area contributed by atoms with E-state index < -0.39 is 10.2 Å². The highest BCUT2D eigenvalue weighted by Gasteiger charge is 2.28. The van der Waals surface area contributed by atoms with Gasteiger partial charge in [0.2, 0.25) is 5.91 Å². The van der Waals surface area contributed by atoms with Crippen LogP contribution in [0.25, 0.3) is 0 Å². The maximum atomic E-state index is 12.8. The minimum atomic E-state index is -3.80. The van der Waals surface area contributed by atoms with E-state index in [4.69, 9.17) is 0 Å². The first-order chi connectivity index (χ1) is 13.2. The van der Waals surface area contributed by atoms with Gasteiger partial charge in [-0.15, -0.1) is 0 Å². The molecule has 1 unspecified atom stereocenters. The first-order valence-corrected chi connectivity index (χ1v) is 10.7. The van der Waals surface area contributed by atoms with Crippen molar-refractivity contribution < 1.29 is 13.2 Å². The molecule has 2 rings (SSSR count). The Labute approximate surface area is 168 Å². The molecule has 0 spiro atoms. The topological polar surface area (TPSA) is 69.7 Å². The van der Waals surface area contributed by atoms with Gasteiger partial charge in [0.05, 0.1) is 11.7 Å². The van der Waals surface area contributed by atoms with Crippen LogP contribution < -0.4 is 9.62 Å². The van der Waals surface area contributed by atoms with E-state index in [1.165, 1.54) is 14.1 Å². The normalized spacial score (nSPS) is 12.8. The third kappa shape index (κ3) is 5.81. The number of para-hydroxylation sites is 1. The van der Waals surface area contributed by atoms with Crippen molar-refractivity contribution in [1.82, 2.24) is 9.62 Å². The molecular formula is C21H29N3O3S. The highest BCUT2D eigenvalue weighted by molar-refractivity contribution is 7.90. The highest BCUT2D eigenvalue weighted by Crippen LogP contribution is 2.22. The zero-order chi connectivity index (χ0) is 20.7. The van der Waals surface area contributed by atoms with E-state index in [0.717, 1.165) is 20.6 Å². The molecule has 2 aromatic rings. The molecule has 0 radical (unpaired) electrons. The van der Waals surface area contributed by atoms with Gasteiger partial charge in [0.15, 0.2) is 0 Å². The van der Waals surface area contributed by atoms with Crippen LogP contribution >= 0.6 is 0 Å². The lowest BCUT2D eigenvalue weighted by Gasteiger charge is -2.28. The van der Waals surface area contributed by atoms with Crippen LogP contribution in [0.15, 0.2) is 60.7 Å². The minimum Gasteiger partial charge on any atom is -0.348 e. The molecular weight excluding hydrogens is 374 g/mol. The molecule has 0 aliphatic rings. The average Bonchev–Trinajstić information content (AvgIpc) is 2.66. The van der Waals surface area contributed by atoms with Gasteiger partial charge >= 0.3 is 10.2 Å². The number of nitrogens with zero attached hydrogens (tertiary/aromatic N) is 2. The smallest absolute Gasteiger partial charge is 0.304 e. The van der Waals surface area contributed by atoms with Gasteiger partial charge in [-0.2, -0.15) is 12.7 Å². The van der Waals surface area contributed by atoms with Crippen molar-refractivity contribution in [2.45, 2.75) is 26.3 Å². The summed E-state index contributed by atoms with van der Waals surface area (Å²) in [4.78, 5) is 12.8. The number of hydrogen-bond acceptors (Lipinski definition) is 3. The molecule has 28 heavy (non-hydrogen) atoms. The number of rotatable bonds is 9. The molecule has 0 aliphatic heterocycles. The van der Waals surface area contributed by atoms with Crippen LogP contribution in [0.5, 0.6) is 0 Å². The Morgan fingerprint density at radius 2 is 1.50 bits per heavy atom. The Balaban J connectivity index is 2.24. The standard InChI is InChI=1S/C21H29N3O3S/c1-17(2)15-20(18-11-7-5-8-12-18)22-21(25)16-24(28(26,27)23(3)4)19-13-9-6-10-14-19/h5-14,17,20H,15-16H2,1-4H3,(H,22,25). The van der Waals surface area contributed by atoms with E-state index >= 15 is 0 Å². The molecule has 1 amide bonds. The summed E-state index contributed by atoms with van der Waals surface area (Å²) >= 11 is 0. The lowest BCUT2D eigenvalue weighted by Crippen LogP contribution is -2.46. The number of amides is 1. The Bertz CT molecular complexity index is 853. The van der Waals surface area contributed by atoms with Crippen LogP contribution in [0.4, 0.5) is 5.69 Å². The highest BCUT2D eigenvalue weighted by atomic mass is 32.2. The lowest BCUT2D eigenvalue weighted by molar-refractivity contribution is -0.120. The molecule has 1 N–H and O–H groups in total. The summed E-state index contributed by atoms with van der Waals surface area (Å²) in [5.74, 6) is 0.0324. The summed E-state index contributed by atoms with van der Waals surface area (Å²) in [6, 6.07) is 18.2. The number of carbonyl (C=O) groups excluding carboxylic acids is 1. The zero-order valence-corrected chi connectivity index (χ0v) is 17.7. The molecule has 0 saturated carbocycles. The molecule has 0 heterocycles. The second-order valence-electron chi connectivity index (χ2n) is 7.29. The number of nitrogens with one attached hydrogen (secondary N) is 1. The third-order valence-electron chi connectivity index (χ3n) is 4.32. The second-order valence-corrected chi connectivity index (χ2v) is 9.36. The van der Waals surface area contributed by atoms with Crippen LogP contribution in [0.1, 0.15) is 31.9 Å². The summed E-state index contributed by atoms with van der Waals surface area (Å²) < 4.78 is 27.8. The van der Waals surface area contributed by atoms with Crippen LogP contribution in [-0.4, -0.2) is 39.3 Å². The Kier molecular flexibility index (Phi) is 7.60. The van der Waals surface area contributed by atoms with Gasteiger partial charge in [-0.25, -0.2) is 4.31 Å². The summed E-state index contributed by atoms with van der Waals surface area (Å²) in [6.45, 7) is 3.90. The molecule has 2 aromatic carbocycles. The zero-order valence-electron chi connectivity index (χ0n) is 16.9. The minimum absolute atomic E-state index is 0.173. The molecule has 0 fully saturated rings. The fourth-order valence-electron chi connectivity index (χ4n) is 2.90. The number of benzene rings is 2. The van der Waals surface area contributed by atoms with E-state index in [1.807, 2.05) is 30.3 Å². The number of carbonyl (C=O) groups is 1. The quantitative estimate of drug-likeness (QED) is 0.699. The fourth-order valence-corrected chi connectivity index (χ4v) is 3.97. The SMILES string of the molecule is CC(C)CC(NC(=O)CN(c1ccccc1)S(=O)(=O)N(C)C)c1ccccc1. The van der Waals surface area contributed by atoms with Gasteiger partial charge in [0, 0.05) is 14.1 Å². The molecule has 0 bridgehead atoms. The van der Waals surface area contributed by atoms with E-state index in [0.29, 0.717) is 11.6 Å². The van der Waals surface area contributed by atoms with Gasteiger partial charge in [-0.05, 0) is 30.0 Å². The molecule has 0 saturated heterocycles. The predicted octanol–water partition coefficient (Wildman–Crippen LogP) is 3.20. The molecule has 152 valence electrons. The van der Waals surface area contributed by atoms with Crippen molar-refractivity contribution in [2.24, 2.45) is 5.92 Å². The van der Waals surface area contributed by atoms with Crippen molar-refractivity contribution in [2.75, 3.05) is 24.9 Å². The van der Waals surface area contributed by atoms with Crippen LogP contribution in [0.3, 0.4) is 0 Å². The van der Waals surface area contributed by atoms with Gasteiger partial charge in [-0.1, -0.05) is 62.4 Å². The van der Waals surface area contributed by atoms with Crippen molar-refractivity contribution in [3.63, 3.8) is 0 Å². The average molecular weight is 404 g/mol. The molecule has 1 atom stereocenters. The van der Waals surface area contributed by atoms with Gasteiger partial charge in [0.1, 0.15) is 6.54 Å². The van der Waals surface area contributed by atoms with E-state index in [2.05, 4.69) is 19.2 Å². The summed E-state index contributed by atoms with van der Waals surface area (Å²) in [5.41, 5.74) is 1.46. The third-order valence-corrected chi connectivity index (χ3v) is 6.14. The first kappa shape index (κ1) is 21.9. The van der Waals surface area contributed by atoms with Crippen LogP contribution in [0, 0.1) is 5.92 Å². The van der Waals surface area contributed by atoms with E-state index in [1.54, 1.807) is 30.3 Å². The Hall–Kier alpha value is -2.38. The Morgan fingerprint density at radius 1 is 0.964 bits per heavy atom. The monoisotopic (exact) mass is 403 g/mol. The number of hydrogen-bond donors (Lipinski definition) is 1. The summed E-state index contributed by atoms with van der Waals surface area (Å²) in [7, 11) is -0.899. The van der Waals surface area contributed by atoms with E-state index in [9.17, 15) is 13.2 Å². The lowest BCUT2D eigenvalue weighted by atomic mass is 9.97. The maximum absolute atomic E-state index is 12.8. The first-order valence-electron chi connectivity index (χ1n) is 9.31. The molecule has 0 aromatic heterocycles. The summed E-state index contributed by atoms with van der Waals surface area (Å²) in [6.07, 6.45) is 0.765. The number of anilines is 1. The fraction of sp³-hybridized carbons (Fsp3) is 0.381. The van der Waals surface area contributed by atoms with Crippen molar-refractivity contribution in [3.8, 4) is 0 Å². The van der Waals surface area contributed by atoms with Crippen molar-refractivity contribution in [1.29, 1.82) is 0 Å². The van der Waals surface area contributed by atoms with Crippen LogP contribution in [0.2, 0.25) is 0 Å². The Morgan fingerprint density at radius 3 is 2.00 bits per heavy atom. The summed E-state index contributed by atoms with van der Waals surface area (Å²) in [5, 5.41) is 3.01. The van der Waals surface area contributed by atoms with Crippen molar-refractivity contribution in [3.05, 3.63) is 66.2 Å². The molecule has 6 nitrogen and oxygen atoms in total. The van der Waals surface area contributed by atoms with Gasteiger partial charge in [0.25, 0.3) is 0 Å². The second kappa shape index (κ2) is 9.71. The molecule has 7 heteroatoms. The van der Waals surface area contributed by atoms with Crippen LogP contribution in [-0.2, 0) is 15.0 Å². The molecule has 0 aliphatic carbocycles. The van der Waals surface area contributed by atoms with Gasteiger partial charge in [-0.3, -0.25) is 4.79 Å². The van der Waals surface area contributed by atoms with Crippen molar-refractivity contribution >= 4 is 21.8 Å². The van der Waals surface area contributed by atoms with Gasteiger partial charge < -0.3 is 5.32 Å². The predicted molar refractivity (Wildman–Crippen MR) is 113 cm³/mol. The van der Waals surface area contributed by atoms with E-state index in [-0.39, 0.29) is 18.5 Å². The largest absolute Gasteiger partial charge is 0.348 e.